The van der Waals surface area contributed by atoms with Gasteiger partial charge in [0.05, 0.1) is 31.7 Å². The maximum Gasteiger partial charge on any atom is 0.311 e. The van der Waals surface area contributed by atoms with Gasteiger partial charge < -0.3 is 14.6 Å². The van der Waals surface area contributed by atoms with Crippen LogP contribution >= 0.6 is 0 Å². The van der Waals surface area contributed by atoms with Gasteiger partial charge in [-0.15, -0.1) is 0 Å². The number of rotatable bonds is 8. The third kappa shape index (κ3) is 6.59. The maximum absolute atomic E-state index is 11.7. The zero-order valence-electron chi connectivity index (χ0n) is 11.6. The number of hydrogen-bond acceptors (Lipinski definition) is 5. The standard InChI is InChI=1S/C13H24O5/c1-5-17-12(15)8-11(14)10(7-9(3)4)13(16)18-6-2/h9-11,14H,5-8H2,1-4H3/t10-,11+/m0/s1. The lowest BCUT2D eigenvalue weighted by Crippen LogP contribution is -2.33. The number of ether oxygens (including phenoxy) is 2. The Morgan fingerprint density at radius 2 is 1.67 bits per heavy atom. The van der Waals surface area contributed by atoms with Crippen LogP contribution in [0.4, 0.5) is 0 Å². The van der Waals surface area contributed by atoms with E-state index in [2.05, 4.69) is 0 Å². The Kier molecular flexibility index (Phi) is 8.37. The van der Waals surface area contributed by atoms with Crippen LogP contribution in [0.3, 0.4) is 0 Å². The largest absolute Gasteiger partial charge is 0.466 e. The molecule has 0 spiro atoms. The first-order valence-corrected chi connectivity index (χ1v) is 6.42. The highest BCUT2D eigenvalue weighted by molar-refractivity contribution is 5.75. The zero-order valence-corrected chi connectivity index (χ0v) is 11.6. The average Bonchev–Trinajstić information content (AvgIpc) is 2.25. The lowest BCUT2D eigenvalue weighted by atomic mass is 9.90. The van der Waals surface area contributed by atoms with Gasteiger partial charge in [0.25, 0.3) is 0 Å². The van der Waals surface area contributed by atoms with Gasteiger partial charge in [0.15, 0.2) is 0 Å². The first kappa shape index (κ1) is 16.9. The van der Waals surface area contributed by atoms with E-state index >= 15 is 0 Å². The van der Waals surface area contributed by atoms with Crippen molar-refractivity contribution in [3.05, 3.63) is 0 Å². The number of hydrogen-bond donors (Lipinski definition) is 1. The Labute approximate surface area is 108 Å². The number of carbonyl (C=O) groups is 2. The minimum absolute atomic E-state index is 0.177. The quantitative estimate of drug-likeness (QED) is 0.670. The topological polar surface area (TPSA) is 72.8 Å². The number of carbonyl (C=O) groups excluding carboxylic acids is 2. The van der Waals surface area contributed by atoms with Crippen molar-refractivity contribution in [2.24, 2.45) is 11.8 Å². The van der Waals surface area contributed by atoms with E-state index in [9.17, 15) is 14.7 Å². The lowest BCUT2D eigenvalue weighted by Gasteiger charge is -2.22. The molecule has 1 N–H and O–H groups in total. The van der Waals surface area contributed by atoms with E-state index in [1.807, 2.05) is 13.8 Å². The van der Waals surface area contributed by atoms with E-state index in [-0.39, 0.29) is 25.6 Å². The Morgan fingerprint density at radius 3 is 2.11 bits per heavy atom. The summed E-state index contributed by atoms with van der Waals surface area (Å²) in [6.07, 6.45) is -0.741. The van der Waals surface area contributed by atoms with Gasteiger partial charge in [-0.2, -0.15) is 0 Å². The van der Waals surface area contributed by atoms with Gasteiger partial charge >= 0.3 is 11.9 Å². The summed E-state index contributed by atoms with van der Waals surface area (Å²) in [6.45, 7) is 7.83. The second-order valence-corrected chi connectivity index (χ2v) is 4.56. The molecule has 0 amide bonds. The van der Waals surface area contributed by atoms with Gasteiger partial charge in [-0.1, -0.05) is 13.8 Å². The summed E-state index contributed by atoms with van der Waals surface area (Å²) < 4.78 is 9.67. The summed E-state index contributed by atoms with van der Waals surface area (Å²) in [5, 5.41) is 9.95. The molecular formula is C13H24O5. The summed E-state index contributed by atoms with van der Waals surface area (Å²) in [7, 11) is 0. The van der Waals surface area contributed by atoms with E-state index in [0.717, 1.165) is 0 Å². The molecule has 0 rings (SSSR count). The Balaban J connectivity index is 4.53. The summed E-state index contributed by atoms with van der Waals surface area (Å²) in [6, 6.07) is 0. The van der Waals surface area contributed by atoms with Crippen LogP contribution in [0, 0.1) is 11.8 Å². The summed E-state index contributed by atoms with van der Waals surface area (Å²) >= 11 is 0. The molecule has 0 saturated heterocycles. The summed E-state index contributed by atoms with van der Waals surface area (Å²) in [4.78, 5) is 23.0. The summed E-state index contributed by atoms with van der Waals surface area (Å²) in [5.74, 6) is -1.39. The Bertz CT molecular complexity index is 262. The van der Waals surface area contributed by atoms with Crippen LogP contribution in [0.1, 0.15) is 40.5 Å². The molecule has 0 aromatic heterocycles. The molecule has 18 heavy (non-hydrogen) atoms. The number of esters is 2. The minimum atomic E-state index is -1.05. The van der Waals surface area contributed by atoms with Crippen molar-refractivity contribution >= 4 is 11.9 Å². The molecule has 0 aromatic rings. The molecule has 0 unspecified atom stereocenters. The van der Waals surface area contributed by atoms with Gasteiger partial charge in [-0.25, -0.2) is 0 Å². The molecule has 5 heteroatoms. The molecule has 0 fully saturated rings. The fraction of sp³-hybridized carbons (Fsp3) is 0.846. The van der Waals surface area contributed by atoms with Crippen molar-refractivity contribution in [1.82, 2.24) is 0 Å². The van der Waals surface area contributed by atoms with Crippen molar-refractivity contribution in [2.45, 2.75) is 46.6 Å². The highest BCUT2D eigenvalue weighted by atomic mass is 16.5. The second kappa shape index (κ2) is 8.91. The molecule has 0 aliphatic rings. The Morgan fingerprint density at radius 1 is 1.11 bits per heavy atom. The van der Waals surface area contributed by atoms with Crippen LogP contribution in [-0.4, -0.2) is 36.4 Å². The molecule has 106 valence electrons. The smallest absolute Gasteiger partial charge is 0.311 e. The van der Waals surface area contributed by atoms with Gasteiger partial charge in [0.1, 0.15) is 0 Å². The molecule has 0 bridgehead atoms. The highest BCUT2D eigenvalue weighted by Crippen LogP contribution is 2.20. The highest BCUT2D eigenvalue weighted by Gasteiger charge is 2.30. The van der Waals surface area contributed by atoms with E-state index in [1.54, 1.807) is 13.8 Å². The SMILES string of the molecule is CCOC(=O)C[C@@H](O)[C@H](CC(C)C)C(=O)OCC. The first-order valence-electron chi connectivity index (χ1n) is 6.42. The summed E-state index contributed by atoms with van der Waals surface area (Å²) in [5.41, 5.74) is 0. The van der Waals surface area contributed by atoms with Crippen LogP contribution in [0.25, 0.3) is 0 Å². The minimum Gasteiger partial charge on any atom is -0.466 e. The predicted octanol–water partition coefficient (Wildman–Crippen LogP) is 1.53. The van der Waals surface area contributed by atoms with E-state index in [0.29, 0.717) is 6.42 Å². The monoisotopic (exact) mass is 260 g/mol. The van der Waals surface area contributed by atoms with Crippen molar-refractivity contribution in [3.8, 4) is 0 Å². The van der Waals surface area contributed by atoms with E-state index < -0.39 is 24.0 Å². The predicted molar refractivity (Wildman–Crippen MR) is 66.8 cm³/mol. The van der Waals surface area contributed by atoms with Crippen molar-refractivity contribution in [2.75, 3.05) is 13.2 Å². The van der Waals surface area contributed by atoms with Crippen molar-refractivity contribution in [1.29, 1.82) is 0 Å². The average molecular weight is 260 g/mol. The third-order valence-electron chi connectivity index (χ3n) is 2.46. The van der Waals surface area contributed by atoms with Crippen LogP contribution in [-0.2, 0) is 19.1 Å². The third-order valence-corrected chi connectivity index (χ3v) is 2.46. The fourth-order valence-corrected chi connectivity index (χ4v) is 1.70. The molecule has 2 atom stereocenters. The lowest BCUT2D eigenvalue weighted by molar-refractivity contribution is -0.155. The number of aliphatic hydroxyl groups is 1. The van der Waals surface area contributed by atoms with Gasteiger partial charge in [0, 0.05) is 0 Å². The normalized spacial score (nSPS) is 14.1. The van der Waals surface area contributed by atoms with Crippen LogP contribution in [0.15, 0.2) is 0 Å². The van der Waals surface area contributed by atoms with Gasteiger partial charge in [-0.05, 0) is 26.2 Å². The molecule has 0 aliphatic carbocycles. The van der Waals surface area contributed by atoms with Gasteiger partial charge in [-0.3, -0.25) is 9.59 Å². The maximum atomic E-state index is 11.7. The van der Waals surface area contributed by atoms with Crippen LogP contribution in [0.2, 0.25) is 0 Å². The van der Waals surface area contributed by atoms with Gasteiger partial charge in [0.2, 0.25) is 0 Å². The zero-order chi connectivity index (χ0) is 14.1. The molecule has 0 radical (unpaired) electrons. The molecular weight excluding hydrogens is 236 g/mol. The molecule has 0 heterocycles. The molecule has 0 aliphatic heterocycles. The van der Waals surface area contributed by atoms with Crippen LogP contribution in [0.5, 0.6) is 0 Å². The second-order valence-electron chi connectivity index (χ2n) is 4.56. The van der Waals surface area contributed by atoms with E-state index in [1.165, 1.54) is 0 Å². The van der Waals surface area contributed by atoms with Crippen molar-refractivity contribution < 1.29 is 24.2 Å². The van der Waals surface area contributed by atoms with Crippen LogP contribution < -0.4 is 0 Å². The first-order chi connectivity index (χ1) is 8.42. The van der Waals surface area contributed by atoms with Crippen molar-refractivity contribution in [3.63, 3.8) is 0 Å². The molecule has 0 aromatic carbocycles. The molecule has 5 nitrogen and oxygen atoms in total. The van der Waals surface area contributed by atoms with E-state index in [4.69, 9.17) is 9.47 Å². The molecule has 0 saturated carbocycles. The number of aliphatic hydroxyl groups excluding tert-OH is 1. The fourth-order valence-electron chi connectivity index (χ4n) is 1.70. The Hall–Kier alpha value is -1.10.